The zero-order valence-corrected chi connectivity index (χ0v) is 18.2. The minimum atomic E-state index is -1.17. The lowest BCUT2D eigenvalue weighted by Crippen LogP contribution is -2.30. The van der Waals surface area contributed by atoms with Gasteiger partial charge in [0, 0.05) is 18.4 Å². The third-order valence-corrected chi connectivity index (χ3v) is 5.91. The van der Waals surface area contributed by atoms with E-state index in [2.05, 4.69) is 35.6 Å². The summed E-state index contributed by atoms with van der Waals surface area (Å²) in [6, 6.07) is 14.1. The average Bonchev–Trinajstić information content (AvgIpc) is 2.73. The van der Waals surface area contributed by atoms with Crippen LogP contribution in [-0.4, -0.2) is 35.2 Å². The fourth-order valence-corrected chi connectivity index (χ4v) is 3.87. The summed E-state index contributed by atoms with van der Waals surface area (Å²) in [5.74, 6) is -1.79. The number of carbonyl (C=O) groups is 2. The highest BCUT2D eigenvalue weighted by atomic mass is 35.5. The molecule has 30 heavy (non-hydrogen) atoms. The van der Waals surface area contributed by atoms with Crippen LogP contribution in [0.2, 0.25) is 10.0 Å². The molecule has 1 aliphatic rings. The quantitative estimate of drug-likeness (QED) is 0.514. The number of aliphatic carboxylic acids is 2. The highest BCUT2D eigenvalue weighted by molar-refractivity contribution is 6.42. The number of halogens is 2. The second-order valence-corrected chi connectivity index (χ2v) is 7.97. The molecule has 6 nitrogen and oxygen atoms in total. The second kappa shape index (κ2) is 11.3. The molecule has 5 N–H and O–H groups in total. The summed E-state index contributed by atoms with van der Waals surface area (Å²) in [4.78, 5) is 19.9. The zero-order chi connectivity index (χ0) is 22.3. The minimum absolute atomic E-state index is 0.0231. The van der Waals surface area contributed by atoms with Crippen molar-refractivity contribution in [3.8, 4) is 0 Å². The van der Waals surface area contributed by atoms with Gasteiger partial charge in [0.05, 0.1) is 10.0 Å². The predicted molar refractivity (Wildman–Crippen MR) is 118 cm³/mol. The van der Waals surface area contributed by atoms with Crippen molar-refractivity contribution in [1.29, 1.82) is 0 Å². The molecule has 0 amide bonds. The first-order valence-corrected chi connectivity index (χ1v) is 10.4. The van der Waals surface area contributed by atoms with Gasteiger partial charge in [-0.2, -0.15) is 0 Å². The van der Waals surface area contributed by atoms with Crippen LogP contribution in [-0.2, 0) is 9.59 Å². The van der Waals surface area contributed by atoms with Gasteiger partial charge in [-0.25, -0.2) is 0 Å². The monoisotopic (exact) mass is 452 g/mol. The SMILES string of the molecule is CN[C@H]1CC[C@@H](c2ccc(Cl)c(Cl)c2)c2ccccc21.NC(CCC(=O)O)C(=O)O. The second-order valence-electron chi connectivity index (χ2n) is 7.15. The molecule has 0 saturated carbocycles. The molecule has 2 aromatic carbocycles. The maximum absolute atomic E-state index is 9.99. The summed E-state index contributed by atoms with van der Waals surface area (Å²) in [7, 11) is 2.03. The molecular weight excluding hydrogens is 427 g/mol. The maximum atomic E-state index is 9.99. The molecule has 3 atom stereocenters. The largest absolute Gasteiger partial charge is 0.481 e. The normalized spacial score (nSPS) is 18.5. The Morgan fingerprint density at radius 3 is 2.33 bits per heavy atom. The molecule has 0 bridgehead atoms. The van der Waals surface area contributed by atoms with Crippen LogP contribution < -0.4 is 11.1 Å². The number of nitrogens with one attached hydrogen (secondary N) is 1. The first kappa shape index (κ1) is 24.2. The standard InChI is InChI=1S/C17H17Cl2N.C5H9NO4/c1-20-17-9-7-12(13-4-2-3-5-14(13)17)11-6-8-15(18)16(19)10-11;6-3(5(9)10)1-2-4(7)8/h2-6,8,10,12,17,20H,7,9H2,1H3;3H,1-2,6H2,(H,7,8)(H,9,10)/t12-,17-;/m0./s1. The Morgan fingerprint density at radius 2 is 1.77 bits per heavy atom. The van der Waals surface area contributed by atoms with Gasteiger partial charge in [-0.3, -0.25) is 9.59 Å². The van der Waals surface area contributed by atoms with E-state index in [4.69, 9.17) is 39.1 Å². The molecule has 162 valence electrons. The smallest absolute Gasteiger partial charge is 0.320 e. The third kappa shape index (κ3) is 6.44. The van der Waals surface area contributed by atoms with Crippen molar-refractivity contribution in [2.24, 2.45) is 5.73 Å². The number of rotatable bonds is 6. The van der Waals surface area contributed by atoms with E-state index in [1.165, 1.54) is 16.7 Å². The van der Waals surface area contributed by atoms with Crippen molar-refractivity contribution < 1.29 is 19.8 Å². The Morgan fingerprint density at radius 1 is 1.10 bits per heavy atom. The van der Waals surface area contributed by atoms with Crippen LogP contribution in [0.1, 0.15) is 54.3 Å². The number of nitrogens with two attached hydrogens (primary N) is 1. The van der Waals surface area contributed by atoms with E-state index >= 15 is 0 Å². The van der Waals surface area contributed by atoms with Gasteiger partial charge >= 0.3 is 11.9 Å². The Balaban J connectivity index is 0.000000274. The molecular formula is C22H26Cl2N2O4. The highest BCUT2D eigenvalue weighted by Gasteiger charge is 2.27. The Labute approximate surface area is 186 Å². The van der Waals surface area contributed by atoms with Crippen molar-refractivity contribution in [3.05, 3.63) is 69.2 Å². The van der Waals surface area contributed by atoms with Gasteiger partial charge in [0.25, 0.3) is 0 Å². The number of benzene rings is 2. The van der Waals surface area contributed by atoms with Gasteiger partial charge in [0.15, 0.2) is 0 Å². The van der Waals surface area contributed by atoms with E-state index < -0.39 is 18.0 Å². The lowest BCUT2D eigenvalue weighted by Gasteiger charge is -2.32. The average molecular weight is 453 g/mol. The Bertz CT molecular complexity index is 891. The molecule has 0 fully saturated rings. The number of hydrogen-bond acceptors (Lipinski definition) is 4. The number of carboxylic acids is 2. The van der Waals surface area contributed by atoms with E-state index in [-0.39, 0.29) is 12.8 Å². The van der Waals surface area contributed by atoms with E-state index in [1.54, 1.807) is 0 Å². The van der Waals surface area contributed by atoms with Gasteiger partial charge in [-0.15, -0.1) is 0 Å². The molecule has 2 aromatic rings. The third-order valence-electron chi connectivity index (χ3n) is 5.17. The lowest BCUT2D eigenvalue weighted by atomic mass is 9.77. The van der Waals surface area contributed by atoms with Crippen LogP contribution in [0, 0.1) is 0 Å². The van der Waals surface area contributed by atoms with Gasteiger partial charge in [0.2, 0.25) is 0 Å². The first-order chi connectivity index (χ1) is 14.2. The lowest BCUT2D eigenvalue weighted by molar-refractivity contribution is -0.139. The van der Waals surface area contributed by atoms with Crippen molar-refractivity contribution in [2.75, 3.05) is 7.05 Å². The summed E-state index contributed by atoms with van der Waals surface area (Å²) >= 11 is 12.2. The van der Waals surface area contributed by atoms with Crippen molar-refractivity contribution in [1.82, 2.24) is 5.32 Å². The molecule has 0 spiro atoms. The Kier molecular flexibility index (Phi) is 9.11. The van der Waals surface area contributed by atoms with Gasteiger partial charge in [-0.1, -0.05) is 53.5 Å². The predicted octanol–water partition coefficient (Wildman–Crippen LogP) is 4.44. The number of fused-ring (bicyclic) bond motifs is 1. The maximum Gasteiger partial charge on any atom is 0.320 e. The van der Waals surface area contributed by atoms with Crippen LogP contribution >= 0.6 is 23.2 Å². The van der Waals surface area contributed by atoms with Crippen LogP contribution in [0.3, 0.4) is 0 Å². The molecule has 0 aromatic heterocycles. The van der Waals surface area contributed by atoms with Crippen molar-refractivity contribution >= 4 is 35.1 Å². The summed E-state index contributed by atoms with van der Waals surface area (Å²) in [6.45, 7) is 0. The van der Waals surface area contributed by atoms with Crippen LogP contribution in [0.15, 0.2) is 42.5 Å². The Hall–Kier alpha value is -2.12. The van der Waals surface area contributed by atoms with E-state index in [9.17, 15) is 9.59 Å². The molecule has 0 aliphatic heterocycles. The summed E-state index contributed by atoms with van der Waals surface area (Å²) in [6.07, 6.45) is 2.04. The molecule has 8 heteroatoms. The van der Waals surface area contributed by atoms with Gasteiger partial charge in [-0.05, 0) is 55.1 Å². The fourth-order valence-electron chi connectivity index (χ4n) is 3.57. The minimum Gasteiger partial charge on any atom is -0.481 e. The van der Waals surface area contributed by atoms with Crippen LogP contribution in [0.5, 0.6) is 0 Å². The molecule has 1 unspecified atom stereocenters. The highest BCUT2D eigenvalue weighted by Crippen LogP contribution is 2.42. The van der Waals surface area contributed by atoms with Crippen LogP contribution in [0.25, 0.3) is 0 Å². The van der Waals surface area contributed by atoms with Crippen molar-refractivity contribution in [2.45, 2.75) is 43.7 Å². The molecule has 3 rings (SSSR count). The van der Waals surface area contributed by atoms with Crippen molar-refractivity contribution in [3.63, 3.8) is 0 Å². The summed E-state index contributed by atoms with van der Waals surface area (Å²) in [5, 5.41) is 20.9. The van der Waals surface area contributed by atoms with Crippen LogP contribution in [0.4, 0.5) is 0 Å². The van der Waals surface area contributed by atoms with E-state index in [1.807, 2.05) is 19.2 Å². The van der Waals surface area contributed by atoms with E-state index in [0.29, 0.717) is 22.0 Å². The first-order valence-electron chi connectivity index (χ1n) is 9.65. The number of carboxylic acid groups (broad SMARTS) is 2. The topological polar surface area (TPSA) is 113 Å². The fraction of sp³-hybridized carbons (Fsp3) is 0.364. The molecule has 0 heterocycles. The number of hydrogen-bond donors (Lipinski definition) is 4. The zero-order valence-electron chi connectivity index (χ0n) is 16.6. The van der Waals surface area contributed by atoms with Gasteiger partial charge in [0.1, 0.15) is 6.04 Å². The molecule has 1 aliphatic carbocycles. The molecule has 0 saturated heterocycles. The summed E-state index contributed by atoms with van der Waals surface area (Å²) in [5.41, 5.74) is 9.05. The van der Waals surface area contributed by atoms with E-state index in [0.717, 1.165) is 12.8 Å². The molecule has 0 radical (unpaired) electrons. The summed E-state index contributed by atoms with van der Waals surface area (Å²) < 4.78 is 0. The van der Waals surface area contributed by atoms with Gasteiger partial charge < -0.3 is 21.3 Å².